The third-order valence-corrected chi connectivity index (χ3v) is 6.30. The van der Waals surface area contributed by atoms with Crippen molar-refractivity contribution in [2.45, 2.75) is 37.8 Å². The van der Waals surface area contributed by atoms with Gasteiger partial charge < -0.3 is 21.1 Å². The molecule has 1 aromatic heterocycles. The highest BCUT2D eigenvalue weighted by atomic mass is 16.5. The Labute approximate surface area is 185 Å². The predicted molar refractivity (Wildman–Crippen MR) is 122 cm³/mol. The number of amides is 2. The van der Waals surface area contributed by atoms with Crippen molar-refractivity contribution in [3.63, 3.8) is 0 Å². The van der Waals surface area contributed by atoms with E-state index in [9.17, 15) is 9.59 Å². The van der Waals surface area contributed by atoms with Crippen LogP contribution in [-0.4, -0.2) is 41.2 Å². The van der Waals surface area contributed by atoms with Gasteiger partial charge in [-0.25, -0.2) is 4.79 Å². The third kappa shape index (κ3) is 3.42. The van der Waals surface area contributed by atoms with E-state index in [4.69, 9.17) is 10.5 Å². The lowest BCUT2D eigenvalue weighted by Gasteiger charge is -2.29. The molecule has 5 rings (SSSR count). The minimum absolute atomic E-state index is 0.0467. The lowest BCUT2D eigenvalue weighted by Crippen LogP contribution is -2.50. The molecule has 2 atom stereocenters. The standard InChI is InChI=1S/C24H25N5O3/c1-32-14-11-9-13(10-12-14)21-20-22(29-28-21)15-5-4-8-18(19(15)23(20)30)27-24(31)26-17-7-3-2-6-16(17)25/h4-5,8-12,16-17H,2-3,6-7,25H2,1H3,(H,28,29)(H2,26,27,31)/t16-,17+/m0/s1. The molecule has 1 heterocycles. The maximum absolute atomic E-state index is 13.4. The van der Waals surface area contributed by atoms with Gasteiger partial charge in [0.1, 0.15) is 11.4 Å². The van der Waals surface area contributed by atoms with Crippen LogP contribution in [0.5, 0.6) is 5.75 Å². The van der Waals surface area contributed by atoms with Crippen molar-refractivity contribution in [3.8, 4) is 28.3 Å². The van der Waals surface area contributed by atoms with Gasteiger partial charge >= 0.3 is 6.03 Å². The molecule has 0 spiro atoms. The number of carbonyl (C=O) groups excluding carboxylic acids is 2. The van der Waals surface area contributed by atoms with Gasteiger partial charge in [-0.1, -0.05) is 25.0 Å². The normalized spacial score (nSPS) is 19.2. The SMILES string of the molecule is COc1ccc(-c2[nH]nc3c2C(=O)c2c(NC(=O)N[C@@H]4CCCC[C@@H]4N)cccc2-3)cc1. The van der Waals surface area contributed by atoms with Gasteiger partial charge in [0.05, 0.1) is 29.6 Å². The molecule has 0 bridgehead atoms. The van der Waals surface area contributed by atoms with Crippen LogP contribution in [0.3, 0.4) is 0 Å². The van der Waals surface area contributed by atoms with Crippen LogP contribution in [-0.2, 0) is 0 Å². The Kier molecular flexibility index (Phi) is 5.14. The molecule has 32 heavy (non-hydrogen) atoms. The maximum Gasteiger partial charge on any atom is 0.319 e. The molecule has 1 fully saturated rings. The van der Waals surface area contributed by atoms with Crippen LogP contribution in [0.2, 0.25) is 0 Å². The van der Waals surface area contributed by atoms with E-state index in [1.807, 2.05) is 36.4 Å². The first-order valence-electron chi connectivity index (χ1n) is 10.8. The lowest BCUT2D eigenvalue weighted by atomic mass is 9.91. The molecule has 0 aliphatic heterocycles. The minimum Gasteiger partial charge on any atom is -0.497 e. The number of hydrogen-bond donors (Lipinski definition) is 4. The number of aromatic amines is 1. The summed E-state index contributed by atoms with van der Waals surface area (Å²) in [6.45, 7) is 0. The third-order valence-electron chi connectivity index (χ3n) is 6.30. The lowest BCUT2D eigenvalue weighted by molar-refractivity contribution is 0.104. The molecule has 0 radical (unpaired) electrons. The number of hydrogen-bond acceptors (Lipinski definition) is 5. The molecule has 3 aromatic rings. The quantitative estimate of drug-likeness (QED) is 0.393. The molecule has 0 unspecified atom stereocenters. The van der Waals surface area contributed by atoms with Crippen LogP contribution >= 0.6 is 0 Å². The maximum atomic E-state index is 13.4. The molecule has 164 valence electrons. The molecule has 8 nitrogen and oxygen atoms in total. The molecular weight excluding hydrogens is 406 g/mol. The molecule has 2 amide bonds. The van der Waals surface area contributed by atoms with E-state index in [0.717, 1.165) is 37.0 Å². The Morgan fingerprint density at radius 1 is 1.12 bits per heavy atom. The number of carbonyl (C=O) groups is 2. The van der Waals surface area contributed by atoms with E-state index in [-0.39, 0.29) is 23.9 Å². The number of aromatic nitrogens is 2. The number of ether oxygens (including phenoxy) is 1. The van der Waals surface area contributed by atoms with Crippen LogP contribution < -0.4 is 21.1 Å². The summed E-state index contributed by atoms with van der Waals surface area (Å²) in [5.41, 5.74) is 10.4. The number of fused-ring (bicyclic) bond motifs is 3. The Morgan fingerprint density at radius 2 is 1.91 bits per heavy atom. The highest BCUT2D eigenvalue weighted by Crippen LogP contribution is 2.43. The van der Waals surface area contributed by atoms with Crippen molar-refractivity contribution in [1.82, 2.24) is 15.5 Å². The summed E-state index contributed by atoms with van der Waals surface area (Å²) < 4.78 is 5.22. The monoisotopic (exact) mass is 431 g/mol. The number of nitrogens with zero attached hydrogens (tertiary/aromatic N) is 1. The minimum atomic E-state index is -0.352. The van der Waals surface area contributed by atoms with E-state index in [0.29, 0.717) is 33.8 Å². The summed E-state index contributed by atoms with van der Waals surface area (Å²) in [4.78, 5) is 26.1. The van der Waals surface area contributed by atoms with Gasteiger partial charge in [-0.2, -0.15) is 5.10 Å². The Hall–Kier alpha value is -3.65. The summed E-state index contributed by atoms with van der Waals surface area (Å²) in [6, 6.07) is 12.4. The number of H-pyrrole nitrogens is 1. The number of nitrogens with one attached hydrogen (secondary N) is 3. The smallest absolute Gasteiger partial charge is 0.319 e. The van der Waals surface area contributed by atoms with Crippen LogP contribution in [0.25, 0.3) is 22.5 Å². The fraction of sp³-hybridized carbons (Fsp3) is 0.292. The average molecular weight is 431 g/mol. The van der Waals surface area contributed by atoms with Crippen molar-refractivity contribution in [2.75, 3.05) is 12.4 Å². The predicted octanol–water partition coefficient (Wildman–Crippen LogP) is 3.69. The zero-order valence-electron chi connectivity index (χ0n) is 17.8. The van der Waals surface area contributed by atoms with Crippen molar-refractivity contribution >= 4 is 17.5 Å². The molecule has 2 aliphatic rings. The number of urea groups is 1. The number of ketones is 1. The Bertz CT molecular complexity index is 1180. The van der Waals surface area contributed by atoms with Crippen LogP contribution in [0.4, 0.5) is 10.5 Å². The van der Waals surface area contributed by atoms with Gasteiger partial charge in [-0.05, 0) is 43.2 Å². The van der Waals surface area contributed by atoms with E-state index < -0.39 is 0 Å². The molecule has 8 heteroatoms. The number of nitrogens with two attached hydrogens (primary N) is 1. The first kappa shape index (κ1) is 20.3. The second kappa shape index (κ2) is 8.12. The van der Waals surface area contributed by atoms with E-state index >= 15 is 0 Å². The van der Waals surface area contributed by atoms with Gasteiger partial charge in [0.15, 0.2) is 5.78 Å². The summed E-state index contributed by atoms with van der Waals surface area (Å²) >= 11 is 0. The first-order chi connectivity index (χ1) is 15.6. The van der Waals surface area contributed by atoms with Crippen molar-refractivity contribution < 1.29 is 14.3 Å². The zero-order chi connectivity index (χ0) is 22.2. The Balaban J connectivity index is 1.42. The van der Waals surface area contributed by atoms with Crippen LogP contribution in [0.1, 0.15) is 41.6 Å². The second-order valence-corrected chi connectivity index (χ2v) is 8.26. The van der Waals surface area contributed by atoms with Crippen molar-refractivity contribution in [2.24, 2.45) is 5.73 Å². The van der Waals surface area contributed by atoms with Gasteiger partial charge in [0.2, 0.25) is 0 Å². The molecule has 1 saturated carbocycles. The van der Waals surface area contributed by atoms with Gasteiger partial charge in [-0.3, -0.25) is 9.89 Å². The van der Waals surface area contributed by atoms with Crippen LogP contribution in [0.15, 0.2) is 42.5 Å². The first-order valence-corrected chi connectivity index (χ1v) is 10.8. The molecular formula is C24H25N5O3. The van der Waals surface area contributed by atoms with E-state index in [2.05, 4.69) is 20.8 Å². The summed E-state index contributed by atoms with van der Waals surface area (Å²) in [6.07, 6.45) is 3.90. The second-order valence-electron chi connectivity index (χ2n) is 8.26. The topological polar surface area (TPSA) is 122 Å². The summed E-state index contributed by atoms with van der Waals surface area (Å²) in [5.74, 6) is 0.564. The fourth-order valence-corrected chi connectivity index (χ4v) is 4.61. The average Bonchev–Trinajstić information content (AvgIpc) is 3.36. The largest absolute Gasteiger partial charge is 0.497 e. The van der Waals surface area contributed by atoms with Crippen LogP contribution in [0, 0.1) is 0 Å². The number of benzene rings is 2. The molecule has 0 saturated heterocycles. The highest BCUT2D eigenvalue weighted by molar-refractivity contribution is 6.26. The number of methoxy groups -OCH3 is 1. The summed E-state index contributed by atoms with van der Waals surface area (Å²) in [7, 11) is 1.61. The molecule has 2 aliphatic carbocycles. The van der Waals surface area contributed by atoms with Crippen molar-refractivity contribution in [3.05, 3.63) is 53.6 Å². The molecule has 2 aromatic carbocycles. The van der Waals surface area contributed by atoms with Gasteiger partial charge in [0, 0.05) is 23.2 Å². The fourth-order valence-electron chi connectivity index (χ4n) is 4.61. The van der Waals surface area contributed by atoms with Gasteiger partial charge in [0.25, 0.3) is 0 Å². The molecule has 5 N–H and O–H groups in total. The number of anilines is 1. The number of rotatable bonds is 4. The van der Waals surface area contributed by atoms with Gasteiger partial charge in [-0.15, -0.1) is 0 Å². The van der Waals surface area contributed by atoms with E-state index in [1.165, 1.54) is 0 Å². The van der Waals surface area contributed by atoms with Crippen molar-refractivity contribution in [1.29, 1.82) is 0 Å². The highest BCUT2D eigenvalue weighted by Gasteiger charge is 2.35. The zero-order valence-corrected chi connectivity index (χ0v) is 17.8. The summed E-state index contributed by atoms with van der Waals surface area (Å²) in [5, 5.41) is 13.2. The Morgan fingerprint density at radius 3 is 2.66 bits per heavy atom. The van der Waals surface area contributed by atoms with E-state index in [1.54, 1.807) is 13.2 Å².